The van der Waals surface area contributed by atoms with Crippen molar-refractivity contribution < 1.29 is 4.79 Å². The molecule has 1 heterocycles. The summed E-state index contributed by atoms with van der Waals surface area (Å²) in [5, 5.41) is 12.4. The highest BCUT2D eigenvalue weighted by Crippen LogP contribution is 2.18. The number of amides is 1. The average molecular weight is 364 g/mol. The Bertz CT molecular complexity index is 916. The first-order valence-electron chi connectivity index (χ1n) is 8.78. The van der Waals surface area contributed by atoms with Gasteiger partial charge in [0.05, 0.1) is 0 Å². The van der Waals surface area contributed by atoms with Gasteiger partial charge in [0.1, 0.15) is 6.54 Å². The van der Waals surface area contributed by atoms with Gasteiger partial charge in [0.25, 0.3) is 0 Å². The third-order valence-corrected chi connectivity index (χ3v) is 4.41. The number of anilines is 1. The van der Waals surface area contributed by atoms with Crippen LogP contribution >= 0.6 is 0 Å². The van der Waals surface area contributed by atoms with E-state index in [1.165, 1.54) is 4.80 Å². The van der Waals surface area contributed by atoms with E-state index in [2.05, 4.69) is 15.4 Å². The highest BCUT2D eigenvalue weighted by Gasteiger charge is 2.14. The first-order chi connectivity index (χ1) is 12.9. The standard InChI is InChI=1S/C20H24N6O/c1-15-7-5-6-8-18(15)20-21-23-26(22-20)14-19(27)25(4)13-16-9-11-17(12-10-16)24(2)3/h5-12H,13-14H2,1-4H3. The van der Waals surface area contributed by atoms with Gasteiger partial charge in [0, 0.05) is 38.9 Å². The van der Waals surface area contributed by atoms with E-state index in [9.17, 15) is 4.79 Å². The number of hydrogen-bond acceptors (Lipinski definition) is 5. The Morgan fingerprint density at radius 1 is 1.04 bits per heavy atom. The van der Waals surface area contributed by atoms with E-state index < -0.39 is 0 Å². The molecular weight excluding hydrogens is 340 g/mol. The Morgan fingerprint density at radius 3 is 2.41 bits per heavy atom. The second-order valence-electron chi connectivity index (χ2n) is 6.77. The number of nitrogens with zero attached hydrogens (tertiary/aromatic N) is 6. The van der Waals surface area contributed by atoms with Crippen LogP contribution in [-0.2, 0) is 17.9 Å². The summed E-state index contributed by atoms with van der Waals surface area (Å²) in [4.78, 5) is 17.5. The summed E-state index contributed by atoms with van der Waals surface area (Å²) in [5.41, 5.74) is 4.19. The Kier molecular flexibility index (Phi) is 5.49. The lowest BCUT2D eigenvalue weighted by atomic mass is 10.1. The monoisotopic (exact) mass is 364 g/mol. The molecule has 1 amide bonds. The van der Waals surface area contributed by atoms with Gasteiger partial charge in [0.2, 0.25) is 11.7 Å². The van der Waals surface area contributed by atoms with Crippen LogP contribution in [0.2, 0.25) is 0 Å². The van der Waals surface area contributed by atoms with Gasteiger partial charge in [-0.05, 0) is 35.4 Å². The second kappa shape index (κ2) is 7.99. The van der Waals surface area contributed by atoms with Crippen molar-refractivity contribution in [3.8, 4) is 11.4 Å². The van der Waals surface area contributed by atoms with E-state index in [4.69, 9.17) is 0 Å². The normalized spacial score (nSPS) is 10.7. The Labute approximate surface area is 159 Å². The van der Waals surface area contributed by atoms with Gasteiger partial charge in [-0.1, -0.05) is 36.4 Å². The van der Waals surface area contributed by atoms with Gasteiger partial charge in [-0.3, -0.25) is 4.79 Å². The number of aromatic nitrogens is 4. The second-order valence-corrected chi connectivity index (χ2v) is 6.77. The van der Waals surface area contributed by atoms with E-state index in [1.807, 2.05) is 74.4 Å². The minimum Gasteiger partial charge on any atom is -0.378 e. The van der Waals surface area contributed by atoms with E-state index in [1.54, 1.807) is 11.9 Å². The predicted molar refractivity (Wildman–Crippen MR) is 105 cm³/mol. The van der Waals surface area contributed by atoms with E-state index in [0.717, 1.165) is 22.4 Å². The number of rotatable bonds is 6. The minimum atomic E-state index is -0.0691. The molecule has 0 bridgehead atoms. The van der Waals surface area contributed by atoms with Gasteiger partial charge in [-0.15, -0.1) is 10.2 Å². The molecule has 0 spiro atoms. The van der Waals surface area contributed by atoms with Crippen molar-refractivity contribution in [3.63, 3.8) is 0 Å². The topological polar surface area (TPSA) is 67.2 Å². The number of aryl methyl sites for hydroxylation is 1. The zero-order valence-electron chi connectivity index (χ0n) is 16.1. The van der Waals surface area contributed by atoms with Crippen LogP contribution in [0.1, 0.15) is 11.1 Å². The van der Waals surface area contributed by atoms with Gasteiger partial charge >= 0.3 is 0 Å². The molecule has 0 N–H and O–H groups in total. The molecule has 0 radical (unpaired) electrons. The summed E-state index contributed by atoms with van der Waals surface area (Å²) >= 11 is 0. The molecule has 0 fully saturated rings. The lowest BCUT2D eigenvalue weighted by Gasteiger charge is -2.18. The number of likely N-dealkylation sites (N-methyl/N-ethyl adjacent to an activating group) is 1. The predicted octanol–water partition coefficient (Wildman–Crippen LogP) is 2.37. The number of benzene rings is 2. The van der Waals surface area contributed by atoms with Gasteiger partial charge in [-0.25, -0.2) is 0 Å². The molecule has 0 unspecified atom stereocenters. The summed E-state index contributed by atoms with van der Waals surface area (Å²) in [7, 11) is 5.78. The lowest BCUT2D eigenvalue weighted by Crippen LogP contribution is -2.30. The van der Waals surface area contributed by atoms with E-state index >= 15 is 0 Å². The van der Waals surface area contributed by atoms with Crippen LogP contribution in [0.5, 0.6) is 0 Å². The van der Waals surface area contributed by atoms with Crippen molar-refractivity contribution in [1.82, 2.24) is 25.1 Å². The molecule has 0 saturated carbocycles. The van der Waals surface area contributed by atoms with E-state index in [0.29, 0.717) is 12.4 Å². The van der Waals surface area contributed by atoms with Gasteiger partial charge in [-0.2, -0.15) is 4.80 Å². The van der Waals surface area contributed by atoms with Crippen LogP contribution in [0, 0.1) is 6.92 Å². The van der Waals surface area contributed by atoms with Crippen LogP contribution in [-0.4, -0.2) is 52.2 Å². The highest BCUT2D eigenvalue weighted by atomic mass is 16.2. The average Bonchev–Trinajstić information content (AvgIpc) is 3.10. The fourth-order valence-corrected chi connectivity index (χ4v) is 2.75. The third kappa shape index (κ3) is 4.49. The van der Waals surface area contributed by atoms with Crippen LogP contribution < -0.4 is 4.90 Å². The number of hydrogen-bond donors (Lipinski definition) is 0. The summed E-state index contributed by atoms with van der Waals surface area (Å²) < 4.78 is 0. The molecule has 7 heteroatoms. The summed E-state index contributed by atoms with van der Waals surface area (Å²) in [6.07, 6.45) is 0. The van der Waals surface area contributed by atoms with Crippen molar-refractivity contribution in [2.75, 3.05) is 26.0 Å². The summed E-state index contributed by atoms with van der Waals surface area (Å²) in [6, 6.07) is 16.0. The van der Waals surface area contributed by atoms with Crippen molar-refractivity contribution in [3.05, 3.63) is 59.7 Å². The molecule has 27 heavy (non-hydrogen) atoms. The van der Waals surface area contributed by atoms with Crippen LogP contribution in [0.25, 0.3) is 11.4 Å². The van der Waals surface area contributed by atoms with Crippen LogP contribution in [0.4, 0.5) is 5.69 Å². The van der Waals surface area contributed by atoms with E-state index in [-0.39, 0.29) is 12.5 Å². The molecule has 0 aliphatic rings. The van der Waals surface area contributed by atoms with Crippen molar-refractivity contribution in [2.24, 2.45) is 0 Å². The van der Waals surface area contributed by atoms with Crippen molar-refractivity contribution >= 4 is 11.6 Å². The highest BCUT2D eigenvalue weighted by molar-refractivity contribution is 5.75. The van der Waals surface area contributed by atoms with Crippen molar-refractivity contribution in [2.45, 2.75) is 20.0 Å². The quantitative estimate of drug-likeness (QED) is 0.672. The SMILES string of the molecule is Cc1ccccc1-c1nnn(CC(=O)N(C)Cc2ccc(N(C)C)cc2)n1. The largest absolute Gasteiger partial charge is 0.378 e. The molecule has 2 aromatic carbocycles. The summed E-state index contributed by atoms with van der Waals surface area (Å²) in [5.74, 6) is 0.461. The molecule has 0 saturated heterocycles. The van der Waals surface area contributed by atoms with Gasteiger partial charge in [0.15, 0.2) is 0 Å². The maximum atomic E-state index is 12.5. The maximum absolute atomic E-state index is 12.5. The molecule has 3 rings (SSSR count). The molecule has 0 aliphatic heterocycles. The molecule has 1 aromatic heterocycles. The Hall–Kier alpha value is -3.22. The fraction of sp³-hybridized carbons (Fsp3) is 0.300. The molecule has 3 aromatic rings. The minimum absolute atomic E-state index is 0.0607. The summed E-state index contributed by atoms with van der Waals surface area (Å²) in [6.45, 7) is 2.59. The van der Waals surface area contributed by atoms with Crippen LogP contribution in [0.3, 0.4) is 0 Å². The van der Waals surface area contributed by atoms with Gasteiger partial charge < -0.3 is 9.80 Å². The smallest absolute Gasteiger partial charge is 0.246 e. The zero-order valence-corrected chi connectivity index (χ0v) is 16.1. The third-order valence-electron chi connectivity index (χ3n) is 4.41. The maximum Gasteiger partial charge on any atom is 0.246 e. The number of carbonyl (C=O) groups excluding carboxylic acids is 1. The Morgan fingerprint density at radius 2 is 1.74 bits per heavy atom. The molecule has 0 aliphatic carbocycles. The first kappa shape index (κ1) is 18.6. The molecular formula is C20H24N6O. The lowest BCUT2D eigenvalue weighted by molar-refractivity contribution is -0.131. The number of carbonyl (C=O) groups is 1. The molecule has 0 atom stereocenters. The van der Waals surface area contributed by atoms with Crippen molar-refractivity contribution in [1.29, 1.82) is 0 Å². The zero-order chi connectivity index (χ0) is 19.4. The molecule has 7 nitrogen and oxygen atoms in total. The number of tetrazole rings is 1. The van der Waals surface area contributed by atoms with Crippen LogP contribution in [0.15, 0.2) is 48.5 Å². The first-order valence-corrected chi connectivity index (χ1v) is 8.78. The molecule has 140 valence electrons. The fourth-order valence-electron chi connectivity index (χ4n) is 2.75. The Balaban J connectivity index is 1.62.